The van der Waals surface area contributed by atoms with Crippen LogP contribution in [0.25, 0.3) is 0 Å². The third-order valence-corrected chi connectivity index (χ3v) is 10.6. The van der Waals surface area contributed by atoms with Crippen molar-refractivity contribution >= 4 is 17.8 Å². The smallest absolute Gasteiger partial charge is 0.326 e. The fraction of sp³-hybridized carbons (Fsp3) is 0.780. The molecule has 0 aromatic rings. The number of amides is 1. The minimum atomic E-state index is -1.01. The highest BCUT2D eigenvalue weighted by Gasteiger charge is 2.19. The van der Waals surface area contributed by atoms with Crippen molar-refractivity contribution in [2.24, 2.45) is 5.73 Å². The second-order valence-electron chi connectivity index (χ2n) is 16.2. The van der Waals surface area contributed by atoms with E-state index < -0.39 is 12.0 Å². The molecule has 0 heterocycles. The van der Waals surface area contributed by atoms with Crippen LogP contribution in [0.4, 0.5) is 0 Å². The first-order valence-corrected chi connectivity index (χ1v) is 24.0. The molecule has 0 bridgehead atoms. The van der Waals surface area contributed by atoms with Gasteiger partial charge in [0.15, 0.2) is 0 Å². The number of carboxylic acids is 1. The number of carboxylic acid groups (broad SMARTS) is 1. The van der Waals surface area contributed by atoms with Crippen LogP contribution in [0, 0.1) is 0 Å². The van der Waals surface area contributed by atoms with Gasteiger partial charge in [0.2, 0.25) is 5.91 Å². The Morgan fingerprint density at radius 2 is 0.912 bits per heavy atom. The third kappa shape index (κ3) is 41.3. The van der Waals surface area contributed by atoms with E-state index >= 15 is 0 Å². The van der Waals surface area contributed by atoms with Crippen LogP contribution in [0.2, 0.25) is 0 Å². The Morgan fingerprint density at radius 3 is 1.39 bits per heavy atom. The Kier molecular flexibility index (Phi) is 42.4. The van der Waals surface area contributed by atoms with Gasteiger partial charge in [-0.05, 0) is 122 Å². The molecule has 57 heavy (non-hydrogen) atoms. The predicted octanol–water partition coefficient (Wildman–Crippen LogP) is 14.0. The number of nitrogens with two attached hydrogens (primary N) is 1. The quantitative estimate of drug-likeness (QED) is 0.0321. The van der Waals surface area contributed by atoms with Crippen molar-refractivity contribution in [3.63, 3.8) is 0 Å². The van der Waals surface area contributed by atoms with Crippen LogP contribution in [0.3, 0.4) is 0 Å². The first kappa shape index (κ1) is 54.3. The van der Waals surface area contributed by atoms with Crippen molar-refractivity contribution in [1.82, 2.24) is 5.32 Å². The zero-order valence-electron chi connectivity index (χ0n) is 37.2. The number of carbonyl (C=O) groups excluding carboxylic acids is 2. The average molecular weight is 799 g/mol. The first-order chi connectivity index (χ1) is 27.9. The van der Waals surface area contributed by atoms with E-state index in [0.717, 1.165) is 103 Å². The number of carbonyl (C=O) groups is 3. The molecule has 0 fully saturated rings. The van der Waals surface area contributed by atoms with Gasteiger partial charge in [-0.25, -0.2) is 4.79 Å². The molecule has 0 saturated carbocycles. The molecule has 0 aliphatic rings. The Hall–Kier alpha value is -2.67. The minimum absolute atomic E-state index is 0.0184. The number of hydrogen-bond acceptors (Lipinski definition) is 5. The van der Waals surface area contributed by atoms with E-state index in [1.165, 1.54) is 89.9 Å². The molecule has 7 nitrogen and oxygen atoms in total. The van der Waals surface area contributed by atoms with Crippen molar-refractivity contribution < 1.29 is 24.2 Å². The summed E-state index contributed by atoms with van der Waals surface area (Å²) in [4.78, 5) is 36.5. The van der Waals surface area contributed by atoms with Gasteiger partial charge in [-0.2, -0.15) is 0 Å². The first-order valence-electron chi connectivity index (χ1n) is 24.0. The second kappa shape index (κ2) is 44.4. The largest absolute Gasteiger partial charge is 0.480 e. The van der Waals surface area contributed by atoms with Crippen LogP contribution >= 0.6 is 0 Å². The van der Waals surface area contributed by atoms with Gasteiger partial charge < -0.3 is 20.9 Å². The zero-order valence-corrected chi connectivity index (χ0v) is 37.2. The van der Waals surface area contributed by atoms with E-state index in [1.54, 1.807) is 0 Å². The van der Waals surface area contributed by atoms with Gasteiger partial charge in [-0.3, -0.25) is 9.59 Å². The summed E-state index contributed by atoms with van der Waals surface area (Å²) < 4.78 is 6.05. The monoisotopic (exact) mass is 799 g/mol. The maximum Gasteiger partial charge on any atom is 0.326 e. The van der Waals surface area contributed by atoms with Crippen LogP contribution in [0.5, 0.6) is 0 Å². The minimum Gasteiger partial charge on any atom is -0.480 e. The highest BCUT2D eigenvalue weighted by molar-refractivity contribution is 5.83. The molecule has 1 amide bonds. The van der Waals surface area contributed by atoms with E-state index in [1.807, 2.05) is 0 Å². The topological polar surface area (TPSA) is 119 Å². The molecule has 330 valence electrons. The number of unbranched alkanes of at least 4 members (excludes halogenated alkanes) is 21. The van der Waals surface area contributed by atoms with E-state index in [2.05, 4.69) is 67.8 Å². The Bertz CT molecular complexity index is 1040. The molecule has 2 atom stereocenters. The molecule has 0 rings (SSSR count). The summed E-state index contributed by atoms with van der Waals surface area (Å²) in [6.07, 6.45) is 54.4. The third-order valence-electron chi connectivity index (χ3n) is 10.6. The number of hydrogen-bond donors (Lipinski definition) is 3. The van der Waals surface area contributed by atoms with Crippen molar-refractivity contribution in [2.45, 2.75) is 244 Å². The van der Waals surface area contributed by atoms with Gasteiger partial charge >= 0.3 is 11.9 Å². The summed E-state index contributed by atoms with van der Waals surface area (Å²) >= 11 is 0. The summed E-state index contributed by atoms with van der Waals surface area (Å²) in [5.74, 6) is -1.26. The van der Waals surface area contributed by atoms with Gasteiger partial charge in [0, 0.05) is 12.8 Å². The zero-order chi connectivity index (χ0) is 41.7. The van der Waals surface area contributed by atoms with Crippen molar-refractivity contribution in [3.05, 3.63) is 48.6 Å². The molecule has 4 N–H and O–H groups in total. The molecule has 0 saturated heterocycles. The molecular weight excluding hydrogens is 709 g/mol. The molecule has 2 unspecified atom stereocenters. The van der Waals surface area contributed by atoms with Crippen LogP contribution in [0.15, 0.2) is 48.6 Å². The second-order valence-corrected chi connectivity index (χ2v) is 16.2. The van der Waals surface area contributed by atoms with Gasteiger partial charge in [-0.1, -0.05) is 152 Å². The molecule has 0 spiro atoms. The maximum atomic E-state index is 12.8. The van der Waals surface area contributed by atoms with Crippen molar-refractivity contribution in [2.75, 3.05) is 6.54 Å². The lowest BCUT2D eigenvalue weighted by Crippen LogP contribution is -2.40. The summed E-state index contributed by atoms with van der Waals surface area (Å²) in [6.45, 7) is 4.92. The van der Waals surface area contributed by atoms with Gasteiger partial charge in [0.1, 0.15) is 12.1 Å². The fourth-order valence-electron chi connectivity index (χ4n) is 6.98. The van der Waals surface area contributed by atoms with Gasteiger partial charge in [-0.15, -0.1) is 0 Å². The van der Waals surface area contributed by atoms with Crippen molar-refractivity contribution in [3.8, 4) is 0 Å². The van der Waals surface area contributed by atoms with Gasteiger partial charge in [0.25, 0.3) is 0 Å². The number of rotatable bonds is 43. The predicted molar refractivity (Wildman–Crippen MR) is 243 cm³/mol. The summed E-state index contributed by atoms with van der Waals surface area (Å²) in [6, 6.07) is -0.862. The number of esters is 1. The van der Waals surface area contributed by atoms with Crippen LogP contribution < -0.4 is 11.1 Å². The lowest BCUT2D eigenvalue weighted by molar-refractivity contribution is -0.150. The Balaban J connectivity index is 4.41. The molecule has 0 radical (unpaired) electrons. The van der Waals surface area contributed by atoms with Crippen LogP contribution in [0.1, 0.15) is 232 Å². The van der Waals surface area contributed by atoms with Crippen LogP contribution in [-0.4, -0.2) is 41.6 Å². The molecular formula is C50H90N2O5. The average Bonchev–Trinajstić information content (AvgIpc) is 3.20. The van der Waals surface area contributed by atoms with Crippen LogP contribution in [-0.2, 0) is 19.1 Å². The molecule has 0 aliphatic carbocycles. The highest BCUT2D eigenvalue weighted by atomic mass is 16.5. The maximum absolute atomic E-state index is 12.8. The standard InChI is InChI=1S/C50H90N2O5/c1-3-5-7-9-11-13-15-17-19-21-23-25-27-29-34-38-44-49(54)57-46(40-35-31-28-26-24-22-20-18-16-14-12-10-8-6-4-2)41-36-32-30-33-37-43-48(53)52-47(50(55)56)42-39-45-51/h13,15-16,18-19,21-22,24,46-47H,3-12,14,17,20,23,25-45,51H2,1-2H3,(H,52,53)(H,55,56)/b15-13-,18-16-,21-19-,24-22-. The highest BCUT2D eigenvalue weighted by Crippen LogP contribution is 2.18. The van der Waals surface area contributed by atoms with E-state index in [0.29, 0.717) is 32.2 Å². The van der Waals surface area contributed by atoms with Gasteiger partial charge in [0.05, 0.1) is 0 Å². The lowest BCUT2D eigenvalue weighted by atomic mass is 10.0. The van der Waals surface area contributed by atoms with E-state index in [-0.39, 0.29) is 18.0 Å². The van der Waals surface area contributed by atoms with Crippen molar-refractivity contribution in [1.29, 1.82) is 0 Å². The number of aliphatic carboxylic acids is 1. The summed E-state index contributed by atoms with van der Waals surface area (Å²) in [5, 5.41) is 12.0. The summed E-state index contributed by atoms with van der Waals surface area (Å²) in [5.41, 5.74) is 5.49. The number of ether oxygens (including phenoxy) is 1. The number of allylic oxidation sites excluding steroid dienone is 8. The SMILES string of the molecule is CCCCCC/C=C\C/C=C\CCCCCCCC(=O)OC(CCCCC/C=C\C/C=C\CCCCCCC)CCCCCCCC(=O)NC(CCCN)C(=O)O. The van der Waals surface area contributed by atoms with E-state index in [9.17, 15) is 19.5 Å². The Morgan fingerprint density at radius 1 is 0.509 bits per heavy atom. The fourth-order valence-corrected chi connectivity index (χ4v) is 6.98. The molecule has 0 aromatic carbocycles. The normalized spacial score (nSPS) is 13.0. The lowest BCUT2D eigenvalue weighted by Gasteiger charge is -2.18. The van der Waals surface area contributed by atoms with E-state index in [4.69, 9.17) is 10.5 Å². The molecule has 0 aromatic heterocycles. The molecule has 0 aliphatic heterocycles. The number of nitrogens with one attached hydrogen (secondary N) is 1. The molecule has 7 heteroatoms. The Labute approximate surface area is 351 Å². The summed E-state index contributed by atoms with van der Waals surface area (Å²) in [7, 11) is 0.